The van der Waals surface area contributed by atoms with Gasteiger partial charge in [0.05, 0.1) is 0 Å². The van der Waals surface area contributed by atoms with Gasteiger partial charge in [0.2, 0.25) is 0 Å². The first-order valence-corrected chi connectivity index (χ1v) is 2.16. The van der Waals surface area contributed by atoms with E-state index < -0.39 is 0 Å². The molecule has 0 aliphatic carbocycles. The maximum absolute atomic E-state index is 10.1. The second-order valence-corrected chi connectivity index (χ2v) is 1.66. The fraction of sp³-hybridized carbons (Fsp3) is 0.600. The van der Waals surface area contributed by atoms with Crippen molar-refractivity contribution in [1.82, 2.24) is 0 Å². The van der Waals surface area contributed by atoms with Crippen LogP contribution in [0.2, 0.25) is 0 Å². The van der Waals surface area contributed by atoms with Crippen molar-refractivity contribution in [1.29, 1.82) is 5.41 Å². The average molecular weight is 158 g/mol. The number of nitrogens with one attached hydrogen (secondary N) is 1. The number of rotatable bonds is 2. The zero-order chi connectivity index (χ0) is 5.86. The number of carbonyl (C=O) groups excluding carboxylic acids is 1. The third-order valence-corrected chi connectivity index (χ3v) is 0.514. The molecular formula is C5H9NNiO. The van der Waals surface area contributed by atoms with E-state index in [0.29, 0.717) is 12.1 Å². The zero-order valence-corrected chi connectivity index (χ0v) is 5.92. The predicted octanol–water partition coefficient (Wildman–Crippen LogP) is 1.00. The van der Waals surface area contributed by atoms with E-state index in [2.05, 4.69) is 0 Å². The summed E-state index contributed by atoms with van der Waals surface area (Å²) < 4.78 is 0. The number of ketones is 1. The summed E-state index contributed by atoms with van der Waals surface area (Å²) in [7, 11) is 0. The van der Waals surface area contributed by atoms with Gasteiger partial charge in [0.1, 0.15) is 5.78 Å². The van der Waals surface area contributed by atoms with Gasteiger partial charge < -0.3 is 5.41 Å². The predicted molar refractivity (Wildman–Crippen MR) is 28.7 cm³/mol. The molecule has 0 atom stereocenters. The van der Waals surface area contributed by atoms with Gasteiger partial charge in [-0.15, -0.1) is 0 Å². The Hall–Kier alpha value is -0.166. The zero-order valence-electron chi connectivity index (χ0n) is 4.93. The molecule has 0 saturated heterocycles. The van der Waals surface area contributed by atoms with Gasteiger partial charge in [-0.2, -0.15) is 0 Å². The molecule has 0 aromatic heterocycles. The summed E-state index contributed by atoms with van der Waals surface area (Å²) in [6.45, 7) is 3.11. The number of carbonyl (C=O) groups is 1. The van der Waals surface area contributed by atoms with Gasteiger partial charge in [-0.25, -0.2) is 0 Å². The first-order valence-electron chi connectivity index (χ1n) is 2.16. The molecule has 0 spiro atoms. The maximum Gasteiger partial charge on any atom is 0.135 e. The number of Topliss-reactive ketones (excluding diaryl/α,β-unsaturated/α-hetero) is 1. The molecule has 2 nitrogen and oxygen atoms in total. The monoisotopic (exact) mass is 157 g/mol. The van der Waals surface area contributed by atoms with Crippen LogP contribution in [-0.2, 0) is 21.3 Å². The van der Waals surface area contributed by atoms with Gasteiger partial charge in [0.15, 0.2) is 0 Å². The normalized spacial score (nSPS) is 7.25. The standard InChI is InChI=1S/C5H9NO.Ni/c1-4(6)3-5(2)7;/h6H,3H2,1-2H3;. The Bertz CT molecular complexity index is 88.6. The van der Waals surface area contributed by atoms with Gasteiger partial charge in [-0.3, -0.25) is 4.79 Å². The van der Waals surface area contributed by atoms with Crippen LogP contribution >= 0.6 is 0 Å². The molecule has 8 heavy (non-hydrogen) atoms. The SMILES string of the molecule is CC(=N)CC(C)=O.[Ni]. The Morgan fingerprint density at radius 2 is 1.88 bits per heavy atom. The molecule has 0 amide bonds. The van der Waals surface area contributed by atoms with Gasteiger partial charge in [-0.1, -0.05) is 0 Å². The summed E-state index contributed by atoms with van der Waals surface area (Å²) in [6, 6.07) is 0. The molecule has 0 heterocycles. The molecule has 0 fully saturated rings. The van der Waals surface area contributed by atoms with E-state index >= 15 is 0 Å². The van der Waals surface area contributed by atoms with E-state index in [1.165, 1.54) is 6.92 Å². The maximum atomic E-state index is 10.1. The third kappa shape index (κ3) is 9.27. The quantitative estimate of drug-likeness (QED) is 0.472. The van der Waals surface area contributed by atoms with Crippen molar-refractivity contribution in [3.63, 3.8) is 0 Å². The van der Waals surface area contributed by atoms with Crippen LogP contribution < -0.4 is 0 Å². The number of hydrogen-bond donors (Lipinski definition) is 1. The molecule has 0 bridgehead atoms. The fourth-order valence-electron chi connectivity index (χ4n) is 0.373. The Morgan fingerprint density at radius 3 is 1.88 bits per heavy atom. The minimum atomic E-state index is 0. The minimum Gasteiger partial charge on any atom is -0.310 e. The molecule has 0 saturated carbocycles. The molecule has 0 aromatic rings. The molecule has 1 N–H and O–H groups in total. The van der Waals surface area contributed by atoms with Crippen LogP contribution in [0.4, 0.5) is 0 Å². The topological polar surface area (TPSA) is 40.9 Å². The summed E-state index contributed by atoms with van der Waals surface area (Å²) in [4.78, 5) is 10.1. The summed E-state index contributed by atoms with van der Waals surface area (Å²) in [5.41, 5.74) is 0.438. The first kappa shape index (κ1) is 10.7. The molecule has 0 radical (unpaired) electrons. The van der Waals surface area contributed by atoms with E-state index in [0.717, 1.165) is 0 Å². The largest absolute Gasteiger partial charge is 0.310 e. The molecule has 0 aliphatic rings. The van der Waals surface area contributed by atoms with Gasteiger partial charge in [0.25, 0.3) is 0 Å². The fourth-order valence-corrected chi connectivity index (χ4v) is 0.373. The van der Waals surface area contributed by atoms with E-state index in [4.69, 9.17) is 5.41 Å². The smallest absolute Gasteiger partial charge is 0.135 e. The van der Waals surface area contributed by atoms with Gasteiger partial charge in [-0.05, 0) is 13.8 Å². The van der Waals surface area contributed by atoms with Crippen LogP contribution in [-0.4, -0.2) is 11.5 Å². The minimum absolute atomic E-state index is 0. The summed E-state index contributed by atoms with van der Waals surface area (Å²) in [5.74, 6) is 0.0625. The first-order chi connectivity index (χ1) is 3.13. The van der Waals surface area contributed by atoms with Crippen LogP contribution in [0.15, 0.2) is 0 Å². The summed E-state index contributed by atoms with van der Waals surface area (Å²) in [6.07, 6.45) is 0.306. The van der Waals surface area contributed by atoms with E-state index in [1.807, 2.05) is 0 Å². The molecule has 0 unspecified atom stereocenters. The molecule has 0 aromatic carbocycles. The van der Waals surface area contributed by atoms with Gasteiger partial charge in [0, 0.05) is 28.6 Å². The molecule has 50 valence electrons. The van der Waals surface area contributed by atoms with Crippen molar-refractivity contribution in [3.05, 3.63) is 0 Å². The van der Waals surface area contributed by atoms with Crippen LogP contribution in [0.5, 0.6) is 0 Å². The Balaban J connectivity index is 0. The third-order valence-electron chi connectivity index (χ3n) is 0.514. The Morgan fingerprint density at radius 1 is 1.50 bits per heavy atom. The second kappa shape index (κ2) is 4.98. The van der Waals surface area contributed by atoms with Crippen molar-refractivity contribution in [3.8, 4) is 0 Å². The molecule has 0 rings (SSSR count). The number of hydrogen-bond acceptors (Lipinski definition) is 2. The van der Waals surface area contributed by atoms with Crippen LogP contribution in [0, 0.1) is 5.41 Å². The van der Waals surface area contributed by atoms with Crippen LogP contribution in [0.25, 0.3) is 0 Å². The van der Waals surface area contributed by atoms with Crippen LogP contribution in [0.3, 0.4) is 0 Å². The van der Waals surface area contributed by atoms with Crippen molar-refractivity contribution < 1.29 is 21.3 Å². The van der Waals surface area contributed by atoms with Crippen molar-refractivity contribution in [2.45, 2.75) is 20.3 Å². The van der Waals surface area contributed by atoms with E-state index in [1.54, 1.807) is 6.92 Å². The van der Waals surface area contributed by atoms with Crippen molar-refractivity contribution >= 4 is 11.5 Å². The Labute approximate surface area is 59.1 Å². The second-order valence-electron chi connectivity index (χ2n) is 1.66. The van der Waals surface area contributed by atoms with Crippen LogP contribution in [0.1, 0.15) is 20.3 Å². The van der Waals surface area contributed by atoms with Crippen molar-refractivity contribution in [2.24, 2.45) is 0 Å². The van der Waals surface area contributed by atoms with Gasteiger partial charge >= 0.3 is 0 Å². The van der Waals surface area contributed by atoms with Crippen molar-refractivity contribution in [2.75, 3.05) is 0 Å². The molecular weight excluding hydrogens is 149 g/mol. The molecule has 3 heteroatoms. The van der Waals surface area contributed by atoms with E-state index in [9.17, 15) is 4.79 Å². The average Bonchev–Trinajstić information content (AvgIpc) is 1.27. The van der Waals surface area contributed by atoms with E-state index in [-0.39, 0.29) is 22.3 Å². The Kier molecular flexibility index (Phi) is 6.69. The summed E-state index contributed by atoms with van der Waals surface area (Å²) in [5, 5.41) is 6.80. The summed E-state index contributed by atoms with van der Waals surface area (Å²) >= 11 is 0. The molecule has 0 aliphatic heterocycles.